The zero-order valence-corrected chi connectivity index (χ0v) is 11.8. The Morgan fingerprint density at radius 1 is 1.21 bits per heavy atom. The predicted molar refractivity (Wildman–Crippen MR) is 76.6 cm³/mol. The molecule has 3 rings (SSSR count). The van der Waals surface area contributed by atoms with Gasteiger partial charge in [-0.2, -0.15) is 0 Å². The molecule has 1 fully saturated rings. The molecule has 0 saturated heterocycles. The average Bonchev–Trinajstić information content (AvgIpc) is 2.42. The van der Waals surface area contributed by atoms with Crippen molar-refractivity contribution in [3.63, 3.8) is 0 Å². The molecule has 0 bridgehead atoms. The van der Waals surface area contributed by atoms with Crippen LogP contribution in [0, 0.1) is 5.92 Å². The van der Waals surface area contributed by atoms with Crippen LogP contribution in [-0.2, 0) is 11.8 Å². The molecular weight excluding hydrogens is 236 g/mol. The van der Waals surface area contributed by atoms with Crippen molar-refractivity contribution in [1.29, 1.82) is 0 Å². The summed E-state index contributed by atoms with van der Waals surface area (Å²) < 4.78 is 0. The van der Waals surface area contributed by atoms with E-state index in [0.29, 0.717) is 5.92 Å². The van der Waals surface area contributed by atoms with E-state index in [2.05, 4.69) is 6.92 Å². The number of aryl methyl sites for hydroxylation is 1. The van der Waals surface area contributed by atoms with Gasteiger partial charge in [0.15, 0.2) is 11.5 Å². The molecule has 104 valence electrons. The number of fused-ring (bicyclic) bond motifs is 3. The third-order valence-corrected chi connectivity index (χ3v) is 5.41. The molecule has 2 nitrogen and oxygen atoms in total. The topological polar surface area (TPSA) is 40.5 Å². The molecule has 0 heterocycles. The van der Waals surface area contributed by atoms with Crippen molar-refractivity contribution in [3.8, 4) is 11.5 Å². The Balaban J connectivity index is 2.17. The Morgan fingerprint density at radius 2 is 2.05 bits per heavy atom. The Kier molecular flexibility index (Phi) is 3.20. The van der Waals surface area contributed by atoms with Gasteiger partial charge in [0, 0.05) is 11.0 Å². The fraction of sp³-hybridized carbons (Fsp3) is 0.647. The number of rotatable bonds is 2. The predicted octanol–water partition coefficient (Wildman–Crippen LogP) is 4.27. The Labute approximate surface area is 115 Å². The summed E-state index contributed by atoms with van der Waals surface area (Å²) in [5.74, 6) is 0.916. The van der Waals surface area contributed by atoms with E-state index in [9.17, 15) is 10.2 Å². The van der Waals surface area contributed by atoms with Crippen LogP contribution in [0.25, 0.3) is 0 Å². The molecular formula is C17H24O2. The lowest BCUT2D eigenvalue weighted by atomic mass is 9.55. The van der Waals surface area contributed by atoms with E-state index in [4.69, 9.17) is 0 Å². The van der Waals surface area contributed by atoms with Crippen LogP contribution in [0.1, 0.15) is 63.0 Å². The third-order valence-electron chi connectivity index (χ3n) is 5.41. The number of aromatic hydroxyl groups is 2. The molecule has 2 aliphatic rings. The van der Waals surface area contributed by atoms with Crippen molar-refractivity contribution in [2.45, 2.75) is 63.7 Å². The first kappa shape index (κ1) is 12.8. The van der Waals surface area contributed by atoms with E-state index in [1.807, 2.05) is 6.07 Å². The number of benzene rings is 1. The maximum atomic E-state index is 10.4. The zero-order chi connectivity index (χ0) is 13.5. The summed E-state index contributed by atoms with van der Waals surface area (Å²) in [5, 5.41) is 20.3. The standard InChI is InChI=1S/C17H24O2/c1-2-10-17-11-4-3-5-13(17)8-6-12-7-9-14(18)16(19)15(12)17/h7,9,13,18-19H,2-6,8,10-11H2,1H3/t13-,17-/m1/s1. The number of phenols is 2. The van der Waals surface area contributed by atoms with Gasteiger partial charge < -0.3 is 10.2 Å². The van der Waals surface area contributed by atoms with E-state index < -0.39 is 0 Å². The van der Waals surface area contributed by atoms with E-state index >= 15 is 0 Å². The van der Waals surface area contributed by atoms with Crippen molar-refractivity contribution in [2.75, 3.05) is 0 Å². The van der Waals surface area contributed by atoms with Crippen LogP contribution in [0.5, 0.6) is 11.5 Å². The first-order valence-corrected chi connectivity index (χ1v) is 7.73. The summed E-state index contributed by atoms with van der Waals surface area (Å²) in [5.41, 5.74) is 2.48. The molecule has 0 spiro atoms. The number of hydrogen-bond acceptors (Lipinski definition) is 2. The van der Waals surface area contributed by atoms with Crippen LogP contribution in [0.2, 0.25) is 0 Å². The van der Waals surface area contributed by atoms with Gasteiger partial charge in [0.05, 0.1) is 0 Å². The van der Waals surface area contributed by atoms with Crippen LogP contribution < -0.4 is 0 Å². The first-order chi connectivity index (χ1) is 9.19. The van der Waals surface area contributed by atoms with Gasteiger partial charge in [0.2, 0.25) is 0 Å². The van der Waals surface area contributed by atoms with Gasteiger partial charge in [-0.25, -0.2) is 0 Å². The van der Waals surface area contributed by atoms with Gasteiger partial charge in [-0.3, -0.25) is 0 Å². The minimum Gasteiger partial charge on any atom is -0.504 e. The van der Waals surface area contributed by atoms with Crippen LogP contribution in [0.4, 0.5) is 0 Å². The fourth-order valence-corrected chi connectivity index (χ4v) is 4.68. The average molecular weight is 260 g/mol. The summed E-state index contributed by atoms with van der Waals surface area (Å²) in [6.45, 7) is 2.23. The van der Waals surface area contributed by atoms with Gasteiger partial charge in [-0.1, -0.05) is 32.3 Å². The molecule has 19 heavy (non-hydrogen) atoms. The SMILES string of the molecule is CCC[C@@]12CCCC[C@@H]1CCc1ccc(O)c(O)c12. The lowest BCUT2D eigenvalue weighted by molar-refractivity contribution is 0.142. The molecule has 2 N–H and O–H groups in total. The summed E-state index contributed by atoms with van der Waals surface area (Å²) in [6.07, 6.45) is 9.63. The molecule has 2 atom stereocenters. The molecule has 0 unspecified atom stereocenters. The van der Waals surface area contributed by atoms with Crippen molar-refractivity contribution in [3.05, 3.63) is 23.3 Å². The molecule has 0 amide bonds. The van der Waals surface area contributed by atoms with Crippen molar-refractivity contribution < 1.29 is 10.2 Å². The van der Waals surface area contributed by atoms with Gasteiger partial charge in [-0.15, -0.1) is 0 Å². The second-order valence-electron chi connectivity index (χ2n) is 6.35. The minimum absolute atomic E-state index is 0.0560. The highest BCUT2D eigenvalue weighted by Gasteiger charge is 2.46. The summed E-state index contributed by atoms with van der Waals surface area (Å²) in [4.78, 5) is 0. The molecule has 1 aromatic rings. The molecule has 0 aromatic heterocycles. The van der Waals surface area contributed by atoms with Crippen molar-refractivity contribution in [2.24, 2.45) is 5.92 Å². The fourth-order valence-electron chi connectivity index (χ4n) is 4.68. The van der Waals surface area contributed by atoms with Crippen molar-refractivity contribution >= 4 is 0 Å². The monoisotopic (exact) mass is 260 g/mol. The van der Waals surface area contributed by atoms with Crippen LogP contribution in [0.3, 0.4) is 0 Å². The van der Waals surface area contributed by atoms with E-state index in [-0.39, 0.29) is 16.9 Å². The first-order valence-electron chi connectivity index (χ1n) is 7.73. The van der Waals surface area contributed by atoms with Gasteiger partial charge in [0.25, 0.3) is 0 Å². The van der Waals surface area contributed by atoms with E-state index in [0.717, 1.165) is 24.8 Å². The van der Waals surface area contributed by atoms with Crippen LogP contribution in [0.15, 0.2) is 12.1 Å². The van der Waals surface area contributed by atoms with E-state index in [1.165, 1.54) is 37.7 Å². The highest BCUT2D eigenvalue weighted by Crippen LogP contribution is 2.56. The molecule has 1 aromatic carbocycles. The smallest absolute Gasteiger partial charge is 0.161 e. The Bertz CT molecular complexity index is 476. The summed E-state index contributed by atoms with van der Waals surface area (Å²) in [7, 11) is 0. The number of hydrogen-bond donors (Lipinski definition) is 2. The Hall–Kier alpha value is -1.18. The van der Waals surface area contributed by atoms with Gasteiger partial charge in [0.1, 0.15) is 0 Å². The second kappa shape index (κ2) is 4.73. The Morgan fingerprint density at radius 3 is 2.84 bits per heavy atom. The quantitative estimate of drug-likeness (QED) is 0.779. The zero-order valence-electron chi connectivity index (χ0n) is 11.8. The van der Waals surface area contributed by atoms with Crippen LogP contribution in [-0.4, -0.2) is 10.2 Å². The largest absolute Gasteiger partial charge is 0.504 e. The molecule has 1 saturated carbocycles. The highest BCUT2D eigenvalue weighted by atomic mass is 16.3. The number of phenolic OH excluding ortho intramolecular Hbond substituents is 2. The van der Waals surface area contributed by atoms with Crippen molar-refractivity contribution in [1.82, 2.24) is 0 Å². The molecule has 2 aliphatic carbocycles. The maximum absolute atomic E-state index is 10.4. The van der Waals surface area contributed by atoms with E-state index in [1.54, 1.807) is 6.07 Å². The molecule has 0 radical (unpaired) electrons. The highest BCUT2D eigenvalue weighted by molar-refractivity contribution is 5.54. The molecule has 2 heteroatoms. The summed E-state index contributed by atoms with van der Waals surface area (Å²) >= 11 is 0. The lowest BCUT2D eigenvalue weighted by Crippen LogP contribution is -2.42. The van der Waals surface area contributed by atoms with Gasteiger partial charge >= 0.3 is 0 Å². The second-order valence-corrected chi connectivity index (χ2v) is 6.35. The van der Waals surface area contributed by atoms with Crippen LogP contribution >= 0.6 is 0 Å². The molecule has 0 aliphatic heterocycles. The maximum Gasteiger partial charge on any atom is 0.161 e. The third kappa shape index (κ3) is 1.84. The summed E-state index contributed by atoms with van der Waals surface area (Å²) in [6, 6.07) is 3.67. The lowest BCUT2D eigenvalue weighted by Gasteiger charge is -2.49. The minimum atomic E-state index is 0.0560. The normalized spacial score (nSPS) is 29.6. The van der Waals surface area contributed by atoms with Gasteiger partial charge in [-0.05, 0) is 49.7 Å².